The Morgan fingerprint density at radius 3 is 1.25 bits per heavy atom. The predicted molar refractivity (Wildman–Crippen MR) is 107 cm³/mol. The van der Waals surface area contributed by atoms with Gasteiger partial charge < -0.3 is 10.6 Å². The third-order valence-electron chi connectivity index (χ3n) is 3.30. The van der Waals surface area contributed by atoms with Crippen molar-refractivity contribution in [3.8, 4) is 0 Å². The van der Waals surface area contributed by atoms with Crippen molar-refractivity contribution in [2.24, 2.45) is 6.99 Å². The number of hydrogen-bond donors (Lipinski definition) is 0. The van der Waals surface area contributed by atoms with Crippen LogP contribution in [-0.2, 0) is 18.2 Å². The summed E-state index contributed by atoms with van der Waals surface area (Å²) in [5.41, 5.74) is 0.297. The van der Waals surface area contributed by atoms with E-state index in [0.717, 1.165) is 32.5 Å². The van der Waals surface area contributed by atoms with E-state index in [-0.39, 0.29) is 11.1 Å². The van der Waals surface area contributed by atoms with Gasteiger partial charge in [0.2, 0.25) is 0 Å². The molecule has 0 aromatic rings. The van der Waals surface area contributed by atoms with Gasteiger partial charge in [-0.15, -0.1) is 6.04 Å². The van der Waals surface area contributed by atoms with Crippen LogP contribution in [0.15, 0.2) is 6.99 Å². The Morgan fingerprint density at radius 1 is 0.750 bits per heavy atom. The van der Waals surface area contributed by atoms with Crippen LogP contribution in [0.25, 0.3) is 10.6 Å². The van der Waals surface area contributed by atoms with Crippen LogP contribution < -0.4 is 0 Å². The van der Waals surface area contributed by atoms with Crippen LogP contribution in [0.2, 0.25) is 0 Å². The van der Waals surface area contributed by atoms with Gasteiger partial charge in [-0.05, 0) is 0 Å². The molecule has 0 saturated carbocycles. The fourth-order valence-electron chi connectivity index (χ4n) is 0.959. The summed E-state index contributed by atoms with van der Waals surface area (Å²) < 4.78 is 9.34. The molecule has 0 radical (unpaired) electrons. The molecule has 0 N–H and O–H groups in total. The standard InChI is InChI=1S/C5H12N.2C5H11N.C4H10N.Mo/c1-4-6-5(2)3;2*1-4-5(2,3)6;1-3-5-4-2;/h5H,4H2,1-3H3;2*4H2,1-3H3;3-4H2,1-2H3;/q-1;;;-1;+2. The summed E-state index contributed by atoms with van der Waals surface area (Å²) in [6.45, 7) is 26.3. The molecule has 5 heteroatoms. The van der Waals surface area contributed by atoms with Crippen LogP contribution in [0.5, 0.6) is 0 Å². The van der Waals surface area contributed by atoms with Gasteiger partial charge in [0.15, 0.2) is 0 Å². The Balaban J connectivity index is -0.000000332. The zero-order valence-corrected chi connectivity index (χ0v) is 20.3. The van der Waals surface area contributed by atoms with Gasteiger partial charge in [-0.2, -0.15) is 19.6 Å². The van der Waals surface area contributed by atoms with Gasteiger partial charge in [0.05, 0.1) is 0 Å². The second-order valence-electron chi connectivity index (χ2n) is 7.04. The maximum atomic E-state index is 4.67. The molecule has 0 saturated heterocycles. The molecule has 0 aliphatic heterocycles. The van der Waals surface area contributed by atoms with Crippen LogP contribution in [0.1, 0.15) is 89.0 Å². The first-order valence-corrected chi connectivity index (χ1v) is 11.2. The van der Waals surface area contributed by atoms with Crippen molar-refractivity contribution in [1.82, 2.24) is 0 Å². The van der Waals surface area contributed by atoms with Crippen molar-refractivity contribution >= 4 is 0 Å². The Kier molecular flexibility index (Phi) is 21.8. The quantitative estimate of drug-likeness (QED) is 0.377. The molecule has 0 heterocycles. The number of rotatable bonds is 8. The minimum absolute atomic E-state index is 0.148. The zero-order valence-electron chi connectivity index (χ0n) is 18.3. The minimum Gasteiger partial charge on any atom is -0.663 e. The Bertz CT molecular complexity index is 297. The molecule has 0 rings (SSSR count). The van der Waals surface area contributed by atoms with E-state index in [1.165, 1.54) is 0 Å². The van der Waals surface area contributed by atoms with E-state index in [0.29, 0.717) is 6.04 Å². The van der Waals surface area contributed by atoms with E-state index in [9.17, 15) is 0 Å². The van der Waals surface area contributed by atoms with E-state index in [1.807, 2.05) is 13.8 Å². The third kappa shape index (κ3) is 27.1. The molecular formula is C19H44MoN4. The first-order chi connectivity index (χ1) is 11.0. The monoisotopic (exact) mass is 426 g/mol. The van der Waals surface area contributed by atoms with E-state index < -0.39 is 18.2 Å². The molecule has 0 fully saturated rings. The maximum absolute atomic E-state index is 4.67. The molecule has 24 heavy (non-hydrogen) atoms. The molecule has 0 bridgehead atoms. The average molecular weight is 425 g/mol. The first kappa shape index (κ1) is 29.0. The van der Waals surface area contributed by atoms with E-state index in [4.69, 9.17) is 0 Å². The van der Waals surface area contributed by atoms with Crippen molar-refractivity contribution in [2.45, 2.75) is 106 Å². The van der Waals surface area contributed by atoms with Gasteiger partial charge in [-0.25, -0.2) is 0 Å². The largest absolute Gasteiger partial charge is 0.663 e. The van der Waals surface area contributed by atoms with Crippen molar-refractivity contribution in [2.75, 3.05) is 19.6 Å². The van der Waals surface area contributed by atoms with Crippen LogP contribution in [0.4, 0.5) is 0 Å². The van der Waals surface area contributed by atoms with Crippen molar-refractivity contribution < 1.29 is 18.2 Å². The molecule has 0 unspecified atom stereocenters. The van der Waals surface area contributed by atoms with Gasteiger partial charge >= 0.3 is 90.7 Å². The molecule has 0 aromatic carbocycles. The second-order valence-corrected chi connectivity index (χ2v) is 8.34. The van der Waals surface area contributed by atoms with Crippen LogP contribution in [0, 0.1) is 0 Å². The molecule has 146 valence electrons. The predicted octanol–water partition coefficient (Wildman–Crippen LogP) is 7.00. The van der Waals surface area contributed by atoms with Gasteiger partial charge in [0, 0.05) is 0 Å². The van der Waals surface area contributed by atoms with Gasteiger partial charge in [0.25, 0.3) is 0 Å². The van der Waals surface area contributed by atoms with Gasteiger partial charge in [0.1, 0.15) is 0 Å². The molecule has 0 amide bonds. The first-order valence-electron chi connectivity index (χ1n) is 9.42. The van der Waals surface area contributed by atoms with E-state index >= 15 is 0 Å². The molecule has 0 aromatic heterocycles. The third-order valence-corrected chi connectivity index (χ3v) is 6.13. The van der Waals surface area contributed by atoms with Crippen molar-refractivity contribution in [1.29, 1.82) is 0 Å². The average Bonchev–Trinajstić information content (AvgIpc) is 2.49. The Morgan fingerprint density at radius 2 is 1.12 bits per heavy atom. The summed E-state index contributed by atoms with van der Waals surface area (Å²) >= 11 is -0.492. The van der Waals surface area contributed by atoms with Crippen LogP contribution >= 0.6 is 0 Å². The summed E-state index contributed by atoms with van der Waals surface area (Å²) in [7, 11) is 0. The van der Waals surface area contributed by atoms with E-state index in [2.05, 4.69) is 79.9 Å². The topological polar surface area (TPSA) is 52.9 Å². The minimum atomic E-state index is -0.492. The molecule has 0 aliphatic carbocycles. The van der Waals surface area contributed by atoms with Gasteiger partial charge in [-0.1, -0.05) is 34.6 Å². The second kappa shape index (κ2) is 18.0. The zero-order chi connectivity index (χ0) is 19.6. The van der Waals surface area contributed by atoms with Gasteiger partial charge in [-0.3, -0.25) is 0 Å². The van der Waals surface area contributed by atoms with Crippen molar-refractivity contribution in [3.05, 3.63) is 10.6 Å². The van der Waals surface area contributed by atoms with Crippen LogP contribution in [-0.4, -0.2) is 36.8 Å². The van der Waals surface area contributed by atoms with Crippen LogP contribution in [0.3, 0.4) is 0 Å². The number of nitrogens with zero attached hydrogens (tertiary/aromatic N) is 4. The summed E-state index contributed by atoms with van der Waals surface area (Å²) in [6.07, 6.45) is 2.22. The number of hydrogen-bond acceptors (Lipinski definition) is 2. The van der Waals surface area contributed by atoms with E-state index in [1.54, 1.807) is 0 Å². The smallest absolute Gasteiger partial charge is 0.0818 e. The normalized spacial score (nSPS) is 10.8. The Hall–Kier alpha value is 0.208. The summed E-state index contributed by atoms with van der Waals surface area (Å²) in [4.78, 5) is 0. The summed E-state index contributed by atoms with van der Waals surface area (Å²) in [5, 5.41) is 8.10. The van der Waals surface area contributed by atoms with Crippen molar-refractivity contribution in [3.63, 3.8) is 0 Å². The summed E-state index contributed by atoms with van der Waals surface area (Å²) in [5.74, 6) is 0. The maximum Gasteiger partial charge on any atom is -0.0818 e. The SMILES string of the molecule is CCC(C)(C)[N]=[Mo+2]=[N]C(C)(C)CC.CC[N-]C(C)C.CC[N-]CC. The Labute approximate surface area is 161 Å². The molecular weight excluding hydrogens is 380 g/mol. The fraction of sp³-hybridized carbons (Fsp3) is 1.00. The molecule has 0 atom stereocenters. The summed E-state index contributed by atoms with van der Waals surface area (Å²) in [6, 6.07) is 0.523. The fourth-order valence-corrected chi connectivity index (χ4v) is 2.78. The molecule has 4 nitrogen and oxygen atoms in total. The molecule has 0 spiro atoms. The molecule has 0 aliphatic rings.